The molecule has 0 aliphatic carbocycles. The van der Waals surface area contributed by atoms with Crippen LogP contribution in [0.5, 0.6) is 0 Å². The topological polar surface area (TPSA) is 69.8 Å². The van der Waals surface area contributed by atoms with E-state index in [0.717, 1.165) is 25.2 Å². The smallest absolute Gasteiger partial charge is 0.237 e. The van der Waals surface area contributed by atoms with Gasteiger partial charge in [-0.05, 0) is 19.4 Å². The summed E-state index contributed by atoms with van der Waals surface area (Å²) in [6.07, 6.45) is 6.67. The quantitative estimate of drug-likeness (QED) is 0.774. The maximum Gasteiger partial charge on any atom is 0.237 e. The van der Waals surface area contributed by atoms with E-state index in [4.69, 9.17) is 0 Å². The van der Waals surface area contributed by atoms with E-state index in [2.05, 4.69) is 20.6 Å². The largest absolute Gasteiger partial charge is 0.348 e. The van der Waals surface area contributed by atoms with Crippen molar-refractivity contribution in [2.45, 2.75) is 31.8 Å². The van der Waals surface area contributed by atoms with Crippen molar-refractivity contribution in [2.75, 3.05) is 6.54 Å². The number of halogens is 2. The zero-order valence-corrected chi connectivity index (χ0v) is 11.1. The van der Waals surface area contributed by atoms with E-state index in [9.17, 15) is 4.79 Å². The zero-order chi connectivity index (χ0) is 10.5. The summed E-state index contributed by atoms with van der Waals surface area (Å²) in [6.45, 7) is 1.42. The van der Waals surface area contributed by atoms with Gasteiger partial charge in [-0.3, -0.25) is 4.79 Å². The minimum atomic E-state index is -0.0197. The molecule has 17 heavy (non-hydrogen) atoms. The van der Waals surface area contributed by atoms with Crippen LogP contribution in [0, 0.1) is 0 Å². The maximum absolute atomic E-state index is 11.7. The number of aromatic nitrogens is 2. The number of nitrogens with zero attached hydrogens (tertiary/aromatic N) is 1. The molecular weight excluding hydrogens is 263 g/mol. The van der Waals surface area contributed by atoms with Crippen LogP contribution in [0.4, 0.5) is 0 Å². The molecule has 1 saturated heterocycles. The number of aromatic amines is 1. The van der Waals surface area contributed by atoms with Crippen molar-refractivity contribution in [3.05, 3.63) is 18.2 Å². The number of hydrogen-bond acceptors (Lipinski definition) is 3. The SMILES string of the molecule is Cl.Cl.O=C(NCc1ncc[nH]1)[C@@H]1CCCCN1. The standard InChI is InChI=1S/C10H16N4O.2ClH/c15-10(8-3-1-2-4-11-8)14-7-9-12-5-6-13-9;;/h5-6,8,11H,1-4,7H2,(H,12,13)(H,14,15);2*1H/t8-;;/m0../s1. The molecule has 0 spiro atoms. The Balaban J connectivity index is 0.00000128. The summed E-state index contributed by atoms with van der Waals surface area (Å²) >= 11 is 0. The van der Waals surface area contributed by atoms with Gasteiger partial charge in [-0.1, -0.05) is 6.42 Å². The van der Waals surface area contributed by atoms with E-state index in [1.807, 2.05) is 0 Å². The zero-order valence-electron chi connectivity index (χ0n) is 9.44. The first-order valence-corrected chi connectivity index (χ1v) is 5.35. The van der Waals surface area contributed by atoms with Crippen LogP contribution in [0.3, 0.4) is 0 Å². The van der Waals surface area contributed by atoms with Crippen LogP contribution in [0.2, 0.25) is 0 Å². The van der Waals surface area contributed by atoms with Crippen LogP contribution in [0.15, 0.2) is 12.4 Å². The molecule has 0 unspecified atom stereocenters. The van der Waals surface area contributed by atoms with Crippen molar-refractivity contribution in [1.82, 2.24) is 20.6 Å². The fraction of sp³-hybridized carbons (Fsp3) is 0.600. The molecule has 1 aromatic heterocycles. The molecular formula is C10H18Cl2N4O. The molecule has 5 nitrogen and oxygen atoms in total. The third kappa shape index (κ3) is 4.93. The Morgan fingerprint density at radius 1 is 1.47 bits per heavy atom. The van der Waals surface area contributed by atoms with Gasteiger partial charge in [0.15, 0.2) is 0 Å². The van der Waals surface area contributed by atoms with Gasteiger partial charge in [0, 0.05) is 12.4 Å². The second-order valence-corrected chi connectivity index (χ2v) is 3.76. The number of rotatable bonds is 3. The number of H-pyrrole nitrogens is 1. The number of imidazole rings is 1. The number of nitrogens with one attached hydrogen (secondary N) is 3. The molecule has 98 valence electrons. The molecule has 7 heteroatoms. The lowest BCUT2D eigenvalue weighted by Gasteiger charge is -2.22. The van der Waals surface area contributed by atoms with Crippen LogP contribution in [-0.4, -0.2) is 28.5 Å². The highest BCUT2D eigenvalue weighted by molar-refractivity contribution is 5.85. The van der Waals surface area contributed by atoms with E-state index in [0.29, 0.717) is 6.54 Å². The molecule has 2 heterocycles. The lowest BCUT2D eigenvalue weighted by atomic mass is 10.0. The number of amides is 1. The van der Waals surface area contributed by atoms with E-state index in [-0.39, 0.29) is 36.8 Å². The summed E-state index contributed by atoms with van der Waals surface area (Å²) in [5.74, 6) is 0.866. The van der Waals surface area contributed by atoms with E-state index >= 15 is 0 Å². The molecule has 0 saturated carbocycles. The van der Waals surface area contributed by atoms with Gasteiger partial charge >= 0.3 is 0 Å². The van der Waals surface area contributed by atoms with Gasteiger partial charge in [-0.15, -0.1) is 24.8 Å². The highest BCUT2D eigenvalue weighted by Crippen LogP contribution is 2.06. The molecule has 1 amide bonds. The molecule has 0 radical (unpaired) electrons. The number of hydrogen-bond donors (Lipinski definition) is 3. The molecule has 1 aliphatic heterocycles. The molecule has 0 aromatic carbocycles. The summed E-state index contributed by atoms with van der Waals surface area (Å²) in [5, 5.41) is 6.07. The Morgan fingerprint density at radius 3 is 2.88 bits per heavy atom. The predicted octanol–water partition coefficient (Wildman–Crippen LogP) is 1.01. The minimum Gasteiger partial charge on any atom is -0.348 e. The van der Waals surface area contributed by atoms with Gasteiger partial charge < -0.3 is 15.6 Å². The van der Waals surface area contributed by atoms with Gasteiger partial charge in [0.05, 0.1) is 12.6 Å². The second kappa shape index (κ2) is 8.33. The molecule has 1 fully saturated rings. The first kappa shape index (κ1) is 16.2. The highest BCUT2D eigenvalue weighted by Gasteiger charge is 2.19. The predicted molar refractivity (Wildman–Crippen MR) is 70.6 cm³/mol. The van der Waals surface area contributed by atoms with Gasteiger partial charge in [-0.2, -0.15) is 0 Å². The van der Waals surface area contributed by atoms with Crippen molar-refractivity contribution in [3.8, 4) is 0 Å². The van der Waals surface area contributed by atoms with Gasteiger partial charge in [0.2, 0.25) is 5.91 Å². The van der Waals surface area contributed by atoms with Crippen molar-refractivity contribution < 1.29 is 4.79 Å². The molecule has 0 bridgehead atoms. The minimum absolute atomic E-state index is 0. The van der Waals surface area contributed by atoms with E-state index in [1.165, 1.54) is 6.42 Å². The van der Waals surface area contributed by atoms with Crippen molar-refractivity contribution in [3.63, 3.8) is 0 Å². The summed E-state index contributed by atoms with van der Waals surface area (Å²) < 4.78 is 0. The summed E-state index contributed by atoms with van der Waals surface area (Å²) in [5.41, 5.74) is 0. The van der Waals surface area contributed by atoms with Gasteiger partial charge in [-0.25, -0.2) is 4.98 Å². The van der Waals surface area contributed by atoms with Crippen LogP contribution < -0.4 is 10.6 Å². The van der Waals surface area contributed by atoms with Gasteiger partial charge in [0.1, 0.15) is 5.82 Å². The lowest BCUT2D eigenvalue weighted by Crippen LogP contribution is -2.46. The van der Waals surface area contributed by atoms with Gasteiger partial charge in [0.25, 0.3) is 0 Å². The average molecular weight is 281 g/mol. The molecule has 1 aliphatic rings. The molecule has 2 rings (SSSR count). The Kier molecular flexibility index (Phi) is 7.95. The Hall–Kier alpha value is -0.780. The van der Waals surface area contributed by atoms with Crippen LogP contribution in [0.1, 0.15) is 25.1 Å². The Morgan fingerprint density at radius 2 is 2.29 bits per heavy atom. The fourth-order valence-electron chi connectivity index (χ4n) is 1.76. The third-order valence-electron chi connectivity index (χ3n) is 2.61. The lowest BCUT2D eigenvalue weighted by molar-refractivity contribution is -0.123. The maximum atomic E-state index is 11.7. The first-order chi connectivity index (χ1) is 7.36. The van der Waals surface area contributed by atoms with E-state index in [1.54, 1.807) is 12.4 Å². The number of carbonyl (C=O) groups excluding carboxylic acids is 1. The molecule has 3 N–H and O–H groups in total. The first-order valence-electron chi connectivity index (χ1n) is 5.35. The monoisotopic (exact) mass is 280 g/mol. The van der Waals surface area contributed by atoms with E-state index < -0.39 is 0 Å². The molecule has 1 atom stereocenters. The van der Waals surface area contributed by atoms with Crippen LogP contribution in [-0.2, 0) is 11.3 Å². The summed E-state index contributed by atoms with van der Waals surface area (Å²) in [6, 6.07) is -0.0197. The highest BCUT2D eigenvalue weighted by atomic mass is 35.5. The summed E-state index contributed by atoms with van der Waals surface area (Å²) in [4.78, 5) is 18.7. The number of piperidine rings is 1. The third-order valence-corrected chi connectivity index (χ3v) is 2.61. The normalized spacial score (nSPS) is 18.7. The summed E-state index contributed by atoms with van der Waals surface area (Å²) in [7, 11) is 0. The van der Waals surface area contributed by atoms with Crippen LogP contribution in [0.25, 0.3) is 0 Å². The van der Waals surface area contributed by atoms with Crippen molar-refractivity contribution in [1.29, 1.82) is 0 Å². The number of carbonyl (C=O) groups is 1. The Bertz CT molecular complexity index is 312. The second-order valence-electron chi connectivity index (χ2n) is 3.76. The van der Waals surface area contributed by atoms with Crippen molar-refractivity contribution >= 4 is 30.7 Å². The van der Waals surface area contributed by atoms with Crippen LogP contribution >= 0.6 is 24.8 Å². The average Bonchev–Trinajstić information content (AvgIpc) is 2.80. The fourth-order valence-corrected chi connectivity index (χ4v) is 1.76. The molecule has 1 aromatic rings. The Labute approximate surface area is 113 Å². The van der Waals surface area contributed by atoms with Crippen molar-refractivity contribution in [2.24, 2.45) is 0 Å².